The minimum absolute atomic E-state index is 0.553. The van der Waals surface area contributed by atoms with E-state index in [9.17, 15) is 0 Å². The standard InChI is InChI=1S/C17H19N5/c1-3-14(17-16(5-1)18-8-9-19-17)12-22-10-2-4-13(11-22)15-6-7-20-21-15/h1,3,5-9,13H,2,4,10-12H2,(H,20,21). The summed E-state index contributed by atoms with van der Waals surface area (Å²) in [5.74, 6) is 0.553. The number of H-pyrrole nitrogens is 1. The molecule has 0 spiro atoms. The molecule has 22 heavy (non-hydrogen) atoms. The summed E-state index contributed by atoms with van der Waals surface area (Å²) in [5.41, 5.74) is 4.51. The second-order valence-electron chi connectivity index (χ2n) is 5.93. The van der Waals surface area contributed by atoms with Gasteiger partial charge in [0.2, 0.25) is 0 Å². The Morgan fingerprint density at radius 3 is 3.00 bits per heavy atom. The number of hydrogen-bond acceptors (Lipinski definition) is 4. The van der Waals surface area contributed by atoms with Crippen LogP contribution < -0.4 is 0 Å². The Balaban J connectivity index is 1.55. The van der Waals surface area contributed by atoms with Crippen LogP contribution in [0.4, 0.5) is 0 Å². The predicted octanol–water partition coefficient (Wildman–Crippen LogP) is 2.73. The third kappa shape index (κ3) is 2.60. The van der Waals surface area contributed by atoms with E-state index in [-0.39, 0.29) is 0 Å². The molecule has 1 aromatic carbocycles. The smallest absolute Gasteiger partial charge is 0.0931 e. The highest BCUT2D eigenvalue weighted by Crippen LogP contribution is 2.27. The quantitative estimate of drug-likeness (QED) is 0.806. The van der Waals surface area contributed by atoms with Gasteiger partial charge >= 0.3 is 0 Å². The Labute approximate surface area is 129 Å². The Bertz CT molecular complexity index is 747. The normalized spacial score (nSPS) is 19.5. The molecule has 1 atom stereocenters. The second kappa shape index (κ2) is 5.85. The Morgan fingerprint density at radius 1 is 1.14 bits per heavy atom. The summed E-state index contributed by atoms with van der Waals surface area (Å²) in [5, 5.41) is 7.21. The number of para-hydroxylation sites is 1. The van der Waals surface area contributed by atoms with Gasteiger partial charge in [-0.2, -0.15) is 5.10 Å². The molecule has 1 aliphatic rings. The van der Waals surface area contributed by atoms with Crippen molar-refractivity contribution in [2.24, 2.45) is 0 Å². The van der Waals surface area contributed by atoms with Crippen LogP contribution in [0.25, 0.3) is 11.0 Å². The molecule has 0 saturated carbocycles. The van der Waals surface area contributed by atoms with Gasteiger partial charge in [-0.15, -0.1) is 0 Å². The molecule has 3 aromatic rings. The first-order valence-electron chi connectivity index (χ1n) is 7.80. The molecule has 0 radical (unpaired) electrons. The van der Waals surface area contributed by atoms with Crippen molar-refractivity contribution in [2.75, 3.05) is 13.1 Å². The summed E-state index contributed by atoms with van der Waals surface area (Å²) >= 11 is 0. The average Bonchev–Trinajstić information content (AvgIpc) is 3.10. The fourth-order valence-corrected chi connectivity index (χ4v) is 3.37. The number of aromatic amines is 1. The fraction of sp³-hybridized carbons (Fsp3) is 0.353. The van der Waals surface area contributed by atoms with Crippen LogP contribution in [0, 0.1) is 0 Å². The van der Waals surface area contributed by atoms with Gasteiger partial charge in [-0.05, 0) is 37.1 Å². The Hall–Kier alpha value is -2.27. The molecule has 1 aliphatic heterocycles. The number of piperidine rings is 1. The molecule has 3 heterocycles. The molecule has 0 aliphatic carbocycles. The van der Waals surface area contributed by atoms with E-state index in [0.717, 1.165) is 30.7 Å². The zero-order valence-corrected chi connectivity index (χ0v) is 12.4. The molecular weight excluding hydrogens is 274 g/mol. The Kier molecular flexibility index (Phi) is 3.56. The van der Waals surface area contributed by atoms with E-state index in [1.165, 1.54) is 24.1 Å². The van der Waals surface area contributed by atoms with Crippen molar-refractivity contribution < 1.29 is 0 Å². The molecule has 4 rings (SSSR count). The lowest BCUT2D eigenvalue weighted by atomic mass is 9.94. The molecule has 0 bridgehead atoms. The molecule has 1 saturated heterocycles. The molecule has 5 nitrogen and oxygen atoms in total. The van der Waals surface area contributed by atoms with Gasteiger partial charge < -0.3 is 0 Å². The molecule has 112 valence electrons. The number of hydrogen-bond donors (Lipinski definition) is 1. The minimum atomic E-state index is 0.553. The van der Waals surface area contributed by atoms with E-state index in [4.69, 9.17) is 0 Å². The molecule has 2 aromatic heterocycles. The third-order valence-electron chi connectivity index (χ3n) is 4.44. The summed E-state index contributed by atoms with van der Waals surface area (Å²) in [6, 6.07) is 8.35. The summed E-state index contributed by atoms with van der Waals surface area (Å²) < 4.78 is 0. The van der Waals surface area contributed by atoms with E-state index in [1.54, 1.807) is 12.4 Å². The lowest BCUT2D eigenvalue weighted by Crippen LogP contribution is -2.34. The molecule has 1 N–H and O–H groups in total. The SMILES string of the molecule is c1cc(CN2CCCC(c3ccn[nH]3)C2)c2nccnc2c1. The van der Waals surface area contributed by atoms with Crippen LogP contribution in [0.2, 0.25) is 0 Å². The van der Waals surface area contributed by atoms with Crippen LogP contribution in [0.1, 0.15) is 30.0 Å². The van der Waals surface area contributed by atoms with Gasteiger partial charge in [-0.1, -0.05) is 12.1 Å². The predicted molar refractivity (Wildman–Crippen MR) is 85.4 cm³/mol. The van der Waals surface area contributed by atoms with Crippen LogP contribution in [0.15, 0.2) is 42.9 Å². The van der Waals surface area contributed by atoms with E-state index in [1.807, 2.05) is 12.3 Å². The fourth-order valence-electron chi connectivity index (χ4n) is 3.37. The maximum Gasteiger partial charge on any atom is 0.0931 e. The number of nitrogens with one attached hydrogen (secondary N) is 1. The van der Waals surface area contributed by atoms with E-state index in [2.05, 4.69) is 43.3 Å². The monoisotopic (exact) mass is 293 g/mol. The highest BCUT2D eigenvalue weighted by atomic mass is 15.1. The maximum absolute atomic E-state index is 4.51. The number of nitrogens with zero attached hydrogens (tertiary/aromatic N) is 4. The van der Waals surface area contributed by atoms with Gasteiger partial charge in [0.05, 0.1) is 11.0 Å². The van der Waals surface area contributed by atoms with Crippen LogP contribution in [0.5, 0.6) is 0 Å². The number of benzene rings is 1. The van der Waals surface area contributed by atoms with Gasteiger partial charge in [0.15, 0.2) is 0 Å². The first kappa shape index (κ1) is 13.4. The maximum atomic E-state index is 4.51. The molecule has 1 unspecified atom stereocenters. The van der Waals surface area contributed by atoms with E-state index >= 15 is 0 Å². The van der Waals surface area contributed by atoms with Crippen molar-refractivity contribution in [1.29, 1.82) is 0 Å². The summed E-state index contributed by atoms with van der Waals surface area (Å²) in [7, 11) is 0. The Morgan fingerprint density at radius 2 is 2.09 bits per heavy atom. The first-order valence-corrected chi connectivity index (χ1v) is 7.80. The van der Waals surface area contributed by atoms with E-state index < -0.39 is 0 Å². The van der Waals surface area contributed by atoms with Crippen LogP contribution in [0.3, 0.4) is 0 Å². The topological polar surface area (TPSA) is 57.7 Å². The van der Waals surface area contributed by atoms with Crippen molar-refractivity contribution in [2.45, 2.75) is 25.3 Å². The van der Waals surface area contributed by atoms with Crippen molar-refractivity contribution in [3.63, 3.8) is 0 Å². The summed E-state index contributed by atoms with van der Waals surface area (Å²) in [4.78, 5) is 11.4. The third-order valence-corrected chi connectivity index (χ3v) is 4.44. The molecule has 0 amide bonds. The van der Waals surface area contributed by atoms with Crippen LogP contribution >= 0.6 is 0 Å². The number of likely N-dealkylation sites (tertiary alicyclic amines) is 1. The highest BCUT2D eigenvalue weighted by Gasteiger charge is 2.22. The van der Waals surface area contributed by atoms with E-state index in [0.29, 0.717) is 5.92 Å². The lowest BCUT2D eigenvalue weighted by molar-refractivity contribution is 0.199. The summed E-state index contributed by atoms with van der Waals surface area (Å²) in [6.07, 6.45) is 7.82. The molecule has 5 heteroatoms. The van der Waals surface area contributed by atoms with Crippen LogP contribution in [-0.4, -0.2) is 38.2 Å². The lowest BCUT2D eigenvalue weighted by Gasteiger charge is -2.32. The zero-order chi connectivity index (χ0) is 14.8. The van der Waals surface area contributed by atoms with Gasteiger partial charge in [0.1, 0.15) is 0 Å². The average molecular weight is 293 g/mol. The van der Waals surface area contributed by atoms with Gasteiger partial charge in [0, 0.05) is 43.3 Å². The molecule has 1 fully saturated rings. The zero-order valence-electron chi connectivity index (χ0n) is 12.4. The van der Waals surface area contributed by atoms with Gasteiger partial charge in [-0.25, -0.2) is 0 Å². The largest absolute Gasteiger partial charge is 0.298 e. The highest BCUT2D eigenvalue weighted by molar-refractivity contribution is 5.77. The summed E-state index contributed by atoms with van der Waals surface area (Å²) in [6.45, 7) is 3.14. The van der Waals surface area contributed by atoms with Crippen molar-refractivity contribution in [1.82, 2.24) is 25.1 Å². The van der Waals surface area contributed by atoms with Gasteiger partial charge in [-0.3, -0.25) is 20.0 Å². The van der Waals surface area contributed by atoms with Crippen LogP contribution in [-0.2, 0) is 6.54 Å². The van der Waals surface area contributed by atoms with Crippen molar-refractivity contribution in [3.05, 3.63) is 54.1 Å². The van der Waals surface area contributed by atoms with Crippen molar-refractivity contribution >= 4 is 11.0 Å². The first-order chi connectivity index (χ1) is 10.9. The molecular formula is C17H19N5. The van der Waals surface area contributed by atoms with Crippen molar-refractivity contribution in [3.8, 4) is 0 Å². The minimum Gasteiger partial charge on any atom is -0.298 e. The number of rotatable bonds is 3. The second-order valence-corrected chi connectivity index (χ2v) is 5.93. The van der Waals surface area contributed by atoms with Gasteiger partial charge in [0.25, 0.3) is 0 Å². The number of fused-ring (bicyclic) bond motifs is 1. The number of aromatic nitrogens is 4.